The Morgan fingerprint density at radius 2 is 1.53 bits per heavy atom. The van der Waals surface area contributed by atoms with Crippen molar-refractivity contribution in [2.75, 3.05) is 5.32 Å². The second-order valence-corrected chi connectivity index (χ2v) is 3.62. The topological polar surface area (TPSA) is 74.2 Å². The number of anilines is 1. The van der Waals surface area contributed by atoms with E-state index in [1.165, 1.54) is 5.40 Å². The molecule has 0 fully saturated rings. The van der Waals surface area contributed by atoms with Crippen molar-refractivity contribution in [3.8, 4) is 5.40 Å². The number of benzene rings is 2. The zero-order chi connectivity index (χ0) is 13.9. The summed E-state index contributed by atoms with van der Waals surface area (Å²) >= 11 is 3.09. The highest BCUT2D eigenvalue weighted by Gasteiger charge is 1.93. The van der Waals surface area contributed by atoms with Crippen LogP contribution in [0, 0.1) is 10.7 Å². The normalized spacial score (nSPS) is 9.79. The van der Waals surface area contributed by atoms with Gasteiger partial charge in [-0.1, -0.05) is 49.0 Å². The lowest BCUT2D eigenvalue weighted by molar-refractivity contribution is 1.44. The van der Waals surface area contributed by atoms with E-state index >= 15 is 0 Å². The molecule has 2 aromatic rings. The zero-order valence-electron chi connectivity index (χ0n) is 10.2. The maximum atomic E-state index is 7.18. The van der Waals surface area contributed by atoms with E-state index in [4.69, 9.17) is 11.0 Å². The Balaban J connectivity index is 0.000000550. The lowest BCUT2D eigenvalue weighted by Gasteiger charge is -2.04. The second kappa shape index (κ2) is 8.61. The summed E-state index contributed by atoms with van der Waals surface area (Å²) in [6.07, 6.45) is 0. The van der Waals surface area contributed by atoms with Gasteiger partial charge in [0.05, 0.1) is 5.69 Å². The number of hydrogen-bond acceptors (Lipinski definition) is 3. The van der Waals surface area contributed by atoms with Gasteiger partial charge in [-0.15, -0.1) is 0 Å². The number of nitriles is 1. The molecule has 0 aliphatic heterocycles. The monoisotopic (exact) mass is 270 g/mol. The molecule has 96 valence electrons. The first-order valence-corrected chi connectivity index (χ1v) is 5.95. The van der Waals surface area contributed by atoms with Crippen LogP contribution in [0.1, 0.15) is 0 Å². The van der Waals surface area contributed by atoms with Crippen molar-refractivity contribution in [1.29, 1.82) is 5.26 Å². The number of guanidine groups is 1. The van der Waals surface area contributed by atoms with Gasteiger partial charge < -0.3 is 11.1 Å². The van der Waals surface area contributed by atoms with Gasteiger partial charge in [0.25, 0.3) is 0 Å². The van der Waals surface area contributed by atoms with Crippen molar-refractivity contribution in [2.24, 2.45) is 10.7 Å². The Bertz CT molecular complexity index is 547. The molecule has 0 spiro atoms. The number of nitrogens with two attached hydrogens (primary N) is 1. The van der Waals surface area contributed by atoms with Crippen molar-refractivity contribution in [3.63, 3.8) is 0 Å². The van der Waals surface area contributed by atoms with Gasteiger partial charge in [0, 0.05) is 5.69 Å². The van der Waals surface area contributed by atoms with E-state index in [1.807, 2.05) is 60.7 Å². The van der Waals surface area contributed by atoms with Crippen LogP contribution in [-0.2, 0) is 0 Å². The minimum atomic E-state index is 0.386. The van der Waals surface area contributed by atoms with Crippen LogP contribution in [0.2, 0.25) is 0 Å². The van der Waals surface area contributed by atoms with Crippen molar-refractivity contribution in [1.82, 2.24) is 0 Å². The van der Waals surface area contributed by atoms with Gasteiger partial charge in [-0.3, -0.25) is 0 Å². The summed E-state index contributed by atoms with van der Waals surface area (Å²) in [4.78, 5) is 4.24. The van der Waals surface area contributed by atoms with Crippen LogP contribution in [-0.4, -0.2) is 5.96 Å². The van der Waals surface area contributed by atoms with E-state index in [2.05, 4.69) is 22.9 Å². The lowest BCUT2D eigenvalue weighted by Crippen LogP contribution is -2.21. The average molecular weight is 270 g/mol. The van der Waals surface area contributed by atoms with E-state index in [0.29, 0.717) is 5.96 Å². The number of nitrogens with zero attached hydrogens (tertiary/aromatic N) is 2. The van der Waals surface area contributed by atoms with Crippen LogP contribution < -0.4 is 11.1 Å². The van der Waals surface area contributed by atoms with Crippen molar-refractivity contribution < 1.29 is 0 Å². The van der Waals surface area contributed by atoms with Crippen LogP contribution in [0.4, 0.5) is 11.4 Å². The lowest BCUT2D eigenvalue weighted by atomic mass is 10.3. The summed E-state index contributed by atoms with van der Waals surface area (Å²) in [6, 6.07) is 19.3. The molecule has 0 aliphatic rings. The predicted octanol–water partition coefficient (Wildman–Crippen LogP) is 3.14. The molecule has 2 aromatic carbocycles. The fourth-order valence-corrected chi connectivity index (χ4v) is 1.34. The molecule has 0 saturated heterocycles. The Morgan fingerprint density at radius 1 is 1.05 bits per heavy atom. The van der Waals surface area contributed by atoms with Crippen LogP contribution in [0.5, 0.6) is 0 Å². The summed E-state index contributed by atoms with van der Waals surface area (Å²) in [6.45, 7) is 0. The van der Waals surface area contributed by atoms with Gasteiger partial charge >= 0.3 is 0 Å². The molecular formula is C14H14N4S. The molecule has 2 rings (SSSR count). The molecular weight excluding hydrogens is 256 g/mol. The van der Waals surface area contributed by atoms with Gasteiger partial charge in [0.15, 0.2) is 5.96 Å². The maximum absolute atomic E-state index is 7.18. The number of nitrogens with one attached hydrogen (secondary N) is 1. The number of thiocyanates is 1. The number of thiol groups is 1. The Morgan fingerprint density at radius 3 is 2.05 bits per heavy atom. The van der Waals surface area contributed by atoms with E-state index in [1.54, 1.807) is 0 Å². The number of hydrogen-bond donors (Lipinski definition) is 3. The van der Waals surface area contributed by atoms with E-state index in [9.17, 15) is 0 Å². The highest BCUT2D eigenvalue weighted by Crippen LogP contribution is 2.10. The van der Waals surface area contributed by atoms with Gasteiger partial charge in [0.2, 0.25) is 0 Å². The summed E-state index contributed by atoms with van der Waals surface area (Å²) in [5, 5.41) is 11.6. The van der Waals surface area contributed by atoms with E-state index in [-0.39, 0.29) is 0 Å². The van der Waals surface area contributed by atoms with Crippen LogP contribution in [0.3, 0.4) is 0 Å². The van der Waals surface area contributed by atoms with Crippen LogP contribution in [0.15, 0.2) is 65.7 Å². The Labute approximate surface area is 118 Å². The number of aliphatic imine (C=N–C) groups is 1. The number of rotatable bonds is 2. The molecule has 0 radical (unpaired) electrons. The molecule has 0 unspecified atom stereocenters. The summed E-state index contributed by atoms with van der Waals surface area (Å²) < 4.78 is 0. The minimum Gasteiger partial charge on any atom is -0.369 e. The Kier molecular flexibility index (Phi) is 6.62. The predicted molar refractivity (Wildman–Crippen MR) is 82.4 cm³/mol. The van der Waals surface area contributed by atoms with Crippen LogP contribution >= 0.6 is 12.6 Å². The number of para-hydroxylation sites is 2. The van der Waals surface area contributed by atoms with Crippen molar-refractivity contribution in [2.45, 2.75) is 0 Å². The third-order valence-corrected chi connectivity index (χ3v) is 2.05. The highest BCUT2D eigenvalue weighted by molar-refractivity contribution is 7.85. The fourth-order valence-electron chi connectivity index (χ4n) is 1.34. The molecule has 19 heavy (non-hydrogen) atoms. The molecule has 0 aliphatic carbocycles. The zero-order valence-corrected chi connectivity index (χ0v) is 11.1. The van der Waals surface area contributed by atoms with E-state index < -0.39 is 0 Å². The molecule has 0 bridgehead atoms. The highest BCUT2D eigenvalue weighted by atomic mass is 32.1. The fraction of sp³-hybridized carbons (Fsp3) is 0. The average Bonchev–Trinajstić information content (AvgIpc) is 2.41. The van der Waals surface area contributed by atoms with Gasteiger partial charge in [0.1, 0.15) is 5.40 Å². The summed E-state index contributed by atoms with van der Waals surface area (Å²) in [5.74, 6) is 0.386. The van der Waals surface area contributed by atoms with Gasteiger partial charge in [-0.25, -0.2) is 4.99 Å². The minimum absolute atomic E-state index is 0.386. The van der Waals surface area contributed by atoms with E-state index in [0.717, 1.165) is 11.4 Å². The smallest absolute Gasteiger partial charge is 0.198 e. The molecule has 0 aromatic heterocycles. The summed E-state index contributed by atoms with van der Waals surface area (Å²) in [5.41, 5.74) is 7.54. The molecule has 5 heteroatoms. The van der Waals surface area contributed by atoms with Crippen LogP contribution in [0.25, 0.3) is 0 Å². The molecule has 0 atom stereocenters. The third-order valence-electron chi connectivity index (χ3n) is 2.05. The SMILES string of the molecule is N#CS.NC(=Nc1ccccc1)Nc1ccccc1. The Hall–Kier alpha value is -2.45. The molecule has 3 N–H and O–H groups in total. The van der Waals surface area contributed by atoms with Crippen molar-refractivity contribution >= 4 is 30.0 Å². The van der Waals surface area contributed by atoms with Crippen molar-refractivity contribution in [3.05, 3.63) is 60.7 Å². The van der Waals surface area contributed by atoms with Gasteiger partial charge in [-0.2, -0.15) is 5.26 Å². The first kappa shape index (κ1) is 14.6. The molecule has 0 amide bonds. The maximum Gasteiger partial charge on any atom is 0.198 e. The second-order valence-electron chi connectivity index (χ2n) is 3.42. The molecule has 0 saturated carbocycles. The van der Waals surface area contributed by atoms with Gasteiger partial charge in [-0.05, 0) is 24.3 Å². The standard InChI is InChI=1S/C13H13N3.CHNS/c14-13(15-11-7-3-1-4-8-11)16-12-9-5-2-6-10-12;2-1-3/h1-10H,(H3,14,15,16);3H. The molecule has 4 nitrogen and oxygen atoms in total. The quantitative estimate of drug-likeness (QED) is 0.340. The first-order chi connectivity index (χ1) is 9.26. The first-order valence-electron chi connectivity index (χ1n) is 5.50. The molecule has 0 heterocycles. The summed E-state index contributed by atoms with van der Waals surface area (Å²) in [7, 11) is 0. The largest absolute Gasteiger partial charge is 0.369 e. The third kappa shape index (κ3) is 6.15.